The van der Waals surface area contributed by atoms with E-state index in [2.05, 4.69) is 147 Å². The molecule has 5 heteroatoms. The summed E-state index contributed by atoms with van der Waals surface area (Å²) in [6, 6.07) is 61.7. The van der Waals surface area contributed by atoms with Crippen molar-refractivity contribution in [2.24, 2.45) is 0 Å². The van der Waals surface area contributed by atoms with Crippen molar-refractivity contribution < 1.29 is 20.1 Å². The van der Waals surface area contributed by atoms with Gasteiger partial charge in [-0.05, 0) is 119 Å². The molecule has 0 N–H and O–H groups in total. The molecule has 10 aromatic rings. The Labute approximate surface area is 371 Å². The summed E-state index contributed by atoms with van der Waals surface area (Å²) in [7, 11) is 0. The molecule has 0 atom stereocenters. The summed E-state index contributed by atoms with van der Waals surface area (Å²) in [5, 5.41) is 3.58. The van der Waals surface area contributed by atoms with Gasteiger partial charge in [-0.15, -0.1) is 59.2 Å². The fraction of sp³-hybridized carbons (Fsp3) is 0.0714. The van der Waals surface area contributed by atoms with Gasteiger partial charge in [0.1, 0.15) is 0 Å². The molecule has 1 radical (unpaired) electrons. The first-order valence-corrected chi connectivity index (χ1v) is 20.2. The Kier molecular flexibility index (Phi) is 12.2. The fourth-order valence-corrected chi connectivity index (χ4v) is 7.91. The van der Waals surface area contributed by atoms with Gasteiger partial charge in [-0.2, -0.15) is 0 Å². The second-order valence-electron chi connectivity index (χ2n) is 15.2. The number of aryl methyl sites for hydroxylation is 4. The largest absolute Gasteiger partial charge is 0.305 e. The van der Waals surface area contributed by atoms with Gasteiger partial charge in [0.2, 0.25) is 0 Å². The first-order chi connectivity index (χ1) is 29.4. The zero-order valence-corrected chi connectivity index (χ0v) is 36.8. The summed E-state index contributed by atoms with van der Waals surface area (Å²) >= 11 is 0. The van der Waals surface area contributed by atoms with Crippen molar-refractivity contribution in [3.8, 4) is 67.0 Å². The van der Waals surface area contributed by atoms with Crippen LogP contribution >= 0.6 is 0 Å². The molecule has 4 heterocycles. The minimum Gasteiger partial charge on any atom is -0.305 e. The maximum absolute atomic E-state index is 4.75. The van der Waals surface area contributed by atoms with E-state index in [1.165, 1.54) is 33.0 Å². The second kappa shape index (κ2) is 18.1. The summed E-state index contributed by atoms with van der Waals surface area (Å²) in [6.07, 6.45) is 7.48. The quantitative estimate of drug-likeness (QED) is 0.123. The molecule has 0 aliphatic heterocycles. The molecule has 0 saturated carbocycles. The molecule has 0 bridgehead atoms. The van der Waals surface area contributed by atoms with E-state index in [4.69, 9.17) is 9.97 Å². The van der Waals surface area contributed by atoms with Gasteiger partial charge in [0, 0.05) is 61.5 Å². The minimum absolute atomic E-state index is 0. The monoisotopic (exact) mass is 963 g/mol. The van der Waals surface area contributed by atoms with Crippen LogP contribution in [-0.4, -0.2) is 19.9 Å². The van der Waals surface area contributed by atoms with Crippen LogP contribution in [0.15, 0.2) is 183 Å². The summed E-state index contributed by atoms with van der Waals surface area (Å²) in [5.74, 6) is 0. The number of fused-ring (bicyclic) bond motifs is 3. The zero-order chi connectivity index (χ0) is 41.0. The van der Waals surface area contributed by atoms with Gasteiger partial charge < -0.3 is 9.97 Å². The topological polar surface area (TPSA) is 51.6 Å². The molecule has 297 valence electrons. The second-order valence-corrected chi connectivity index (χ2v) is 15.2. The molecule has 6 aromatic carbocycles. The Hall–Kier alpha value is -6.91. The third-order valence-electron chi connectivity index (χ3n) is 10.9. The van der Waals surface area contributed by atoms with E-state index < -0.39 is 0 Å². The molecule has 0 unspecified atom stereocenters. The molecule has 4 nitrogen and oxygen atoms in total. The van der Waals surface area contributed by atoms with E-state index in [1.807, 2.05) is 85.5 Å². The van der Waals surface area contributed by atoms with Crippen LogP contribution < -0.4 is 0 Å². The van der Waals surface area contributed by atoms with E-state index >= 15 is 0 Å². The molecule has 4 aromatic heterocycles. The number of hydrogen-bond donors (Lipinski definition) is 0. The third kappa shape index (κ3) is 8.72. The van der Waals surface area contributed by atoms with Gasteiger partial charge in [-0.25, -0.2) is 0 Å². The first kappa shape index (κ1) is 40.9. The van der Waals surface area contributed by atoms with E-state index in [9.17, 15) is 0 Å². The van der Waals surface area contributed by atoms with Crippen molar-refractivity contribution in [2.45, 2.75) is 27.7 Å². The molecule has 0 spiro atoms. The van der Waals surface area contributed by atoms with Crippen molar-refractivity contribution in [1.82, 2.24) is 19.9 Å². The maximum atomic E-state index is 4.75. The van der Waals surface area contributed by atoms with Gasteiger partial charge in [-0.1, -0.05) is 108 Å². The van der Waals surface area contributed by atoms with Crippen LogP contribution in [0.3, 0.4) is 0 Å². The summed E-state index contributed by atoms with van der Waals surface area (Å²) < 4.78 is 0. The van der Waals surface area contributed by atoms with Gasteiger partial charge in [0.25, 0.3) is 0 Å². The number of pyridine rings is 4. The Morgan fingerprint density at radius 2 is 1.13 bits per heavy atom. The van der Waals surface area contributed by atoms with Crippen molar-refractivity contribution >= 4 is 21.7 Å². The number of benzene rings is 6. The van der Waals surface area contributed by atoms with Crippen molar-refractivity contribution in [3.05, 3.63) is 217 Å². The van der Waals surface area contributed by atoms with Crippen LogP contribution in [0.5, 0.6) is 0 Å². The Morgan fingerprint density at radius 3 is 1.92 bits per heavy atom. The van der Waals surface area contributed by atoms with E-state index in [-0.39, 0.29) is 20.1 Å². The molecule has 0 aliphatic carbocycles. The standard InChI is InChI=1S/C39H30N3.C17H12N.Ir/c1-24-13-15-41-38(17-24)28-12-11-26(3)35(21-28)29-18-30(36-16-25(2)23-42-27(36)4)20-31(19-29)37-22-39-34(10-7-14-40-39)32-8-5-6-9-33(32)37;1-2-8-14(9-3-1)15-10-4-5-11-16(15)17-12-6-7-13-18-17;/h5-11,13-23H,1-4H3;1-10,12-13H;/q2*-1;. The van der Waals surface area contributed by atoms with Gasteiger partial charge in [0.15, 0.2) is 0 Å². The molecule has 0 saturated heterocycles. The van der Waals surface area contributed by atoms with E-state index in [1.54, 1.807) is 0 Å². The first-order valence-electron chi connectivity index (χ1n) is 20.2. The maximum Gasteiger partial charge on any atom is 0.0714 e. The molecule has 0 aliphatic rings. The molecule has 0 amide bonds. The summed E-state index contributed by atoms with van der Waals surface area (Å²) in [6.45, 7) is 8.43. The smallest absolute Gasteiger partial charge is 0.0714 e. The van der Waals surface area contributed by atoms with E-state index in [0.717, 1.165) is 78.1 Å². The number of rotatable bonds is 6. The predicted molar refractivity (Wildman–Crippen MR) is 248 cm³/mol. The summed E-state index contributed by atoms with van der Waals surface area (Å²) in [5.41, 5.74) is 18.7. The van der Waals surface area contributed by atoms with Crippen LogP contribution in [0.25, 0.3) is 88.7 Å². The van der Waals surface area contributed by atoms with Crippen LogP contribution in [0, 0.1) is 39.8 Å². The molecular weight excluding hydrogens is 921 g/mol. The average Bonchev–Trinajstić information content (AvgIpc) is 3.30. The van der Waals surface area contributed by atoms with Gasteiger partial charge in [-0.3, -0.25) is 9.97 Å². The minimum atomic E-state index is 0. The predicted octanol–water partition coefficient (Wildman–Crippen LogP) is 14.1. The van der Waals surface area contributed by atoms with Gasteiger partial charge >= 0.3 is 0 Å². The van der Waals surface area contributed by atoms with Crippen molar-refractivity contribution in [2.75, 3.05) is 0 Å². The zero-order valence-electron chi connectivity index (χ0n) is 34.4. The normalized spacial score (nSPS) is 10.8. The Bertz CT molecular complexity index is 3080. The van der Waals surface area contributed by atoms with Gasteiger partial charge in [0.05, 0.1) is 5.52 Å². The number of aromatic nitrogens is 4. The molecule has 61 heavy (non-hydrogen) atoms. The number of nitrogens with zero attached hydrogens (tertiary/aromatic N) is 4. The van der Waals surface area contributed by atoms with Crippen molar-refractivity contribution in [1.29, 1.82) is 0 Å². The van der Waals surface area contributed by atoms with Crippen LogP contribution in [0.4, 0.5) is 0 Å². The third-order valence-corrected chi connectivity index (χ3v) is 10.9. The van der Waals surface area contributed by atoms with Crippen LogP contribution in [-0.2, 0) is 20.1 Å². The molecular formula is C56H42IrN4-2. The fourth-order valence-electron chi connectivity index (χ4n) is 7.91. The molecule has 0 fully saturated rings. The SMILES string of the molecule is Cc1ccnc(-c2[c-]cc(C)c(-c3cc(-c4cc(C)cnc4C)cc(-c4cc5ncccc5c5ccccc45)c3)c2)c1.[Ir].[c-]1cccc(-c2ccccc2)c1-c1ccccn1. The van der Waals surface area contributed by atoms with Crippen LogP contribution in [0.2, 0.25) is 0 Å². The van der Waals surface area contributed by atoms with Crippen molar-refractivity contribution in [3.63, 3.8) is 0 Å². The Balaban J connectivity index is 0.000000226. The van der Waals surface area contributed by atoms with E-state index in [0.29, 0.717) is 0 Å². The van der Waals surface area contributed by atoms with Crippen LogP contribution in [0.1, 0.15) is 22.4 Å². The average molecular weight is 963 g/mol. The molecule has 10 rings (SSSR count). The number of hydrogen-bond acceptors (Lipinski definition) is 4. The Morgan fingerprint density at radius 1 is 0.426 bits per heavy atom. The summed E-state index contributed by atoms with van der Waals surface area (Å²) in [4.78, 5) is 18.5.